The van der Waals surface area contributed by atoms with Gasteiger partial charge in [0.1, 0.15) is 12.6 Å². The standard InChI is InChI=1S/C22H30O2/c1-15-11-21(19-7-3-17(13-23)4-8-19)12-16(2)22(15)20-9-5-18(14-24)6-10-20/h11-14,17-20H,3-10H2,1-2H3. The Kier molecular flexibility index (Phi) is 5.53. The summed E-state index contributed by atoms with van der Waals surface area (Å²) in [4.78, 5) is 21.9. The van der Waals surface area contributed by atoms with Crippen molar-refractivity contribution in [2.75, 3.05) is 0 Å². The highest BCUT2D eigenvalue weighted by atomic mass is 16.1. The van der Waals surface area contributed by atoms with Crippen LogP contribution in [0.2, 0.25) is 0 Å². The molecule has 1 aromatic rings. The zero-order chi connectivity index (χ0) is 17.1. The van der Waals surface area contributed by atoms with Crippen LogP contribution in [0, 0.1) is 25.7 Å². The largest absolute Gasteiger partial charge is 0.303 e. The van der Waals surface area contributed by atoms with E-state index >= 15 is 0 Å². The van der Waals surface area contributed by atoms with E-state index in [0.717, 1.165) is 63.9 Å². The fourth-order valence-electron chi connectivity index (χ4n) is 5.02. The minimum atomic E-state index is 0.286. The van der Waals surface area contributed by atoms with Gasteiger partial charge in [-0.25, -0.2) is 0 Å². The Morgan fingerprint density at radius 2 is 1.12 bits per heavy atom. The van der Waals surface area contributed by atoms with Gasteiger partial charge < -0.3 is 9.59 Å². The van der Waals surface area contributed by atoms with E-state index in [9.17, 15) is 9.59 Å². The van der Waals surface area contributed by atoms with Gasteiger partial charge >= 0.3 is 0 Å². The lowest BCUT2D eigenvalue weighted by molar-refractivity contribution is -0.112. The van der Waals surface area contributed by atoms with E-state index < -0.39 is 0 Å². The third-order valence-electron chi connectivity index (χ3n) is 6.42. The SMILES string of the molecule is Cc1cc(C2CCC(C=O)CC2)cc(C)c1C1CCC(C=O)CC1. The van der Waals surface area contributed by atoms with Crippen molar-refractivity contribution in [2.45, 2.75) is 77.0 Å². The first-order chi connectivity index (χ1) is 11.6. The molecule has 2 nitrogen and oxygen atoms in total. The molecule has 2 heteroatoms. The van der Waals surface area contributed by atoms with Gasteiger partial charge in [-0.2, -0.15) is 0 Å². The molecule has 1 aromatic carbocycles. The van der Waals surface area contributed by atoms with Crippen molar-refractivity contribution in [1.29, 1.82) is 0 Å². The molecule has 0 aromatic heterocycles. The highest BCUT2D eigenvalue weighted by molar-refractivity contribution is 5.54. The summed E-state index contributed by atoms with van der Waals surface area (Å²) in [5.74, 6) is 1.82. The van der Waals surface area contributed by atoms with Crippen LogP contribution in [0.4, 0.5) is 0 Å². The molecule has 130 valence electrons. The van der Waals surface area contributed by atoms with Crippen molar-refractivity contribution in [2.24, 2.45) is 11.8 Å². The molecule has 0 aliphatic heterocycles. The fourth-order valence-corrected chi connectivity index (χ4v) is 5.02. The molecular formula is C22H30O2. The molecule has 0 bridgehead atoms. The molecule has 2 aliphatic carbocycles. The van der Waals surface area contributed by atoms with Gasteiger partial charge in [-0.3, -0.25) is 0 Å². The first-order valence-corrected chi connectivity index (χ1v) is 9.64. The predicted octanol–water partition coefficient (Wildman–Crippen LogP) is 5.25. The summed E-state index contributed by atoms with van der Waals surface area (Å²) >= 11 is 0. The van der Waals surface area contributed by atoms with Gasteiger partial charge in [0, 0.05) is 11.8 Å². The molecule has 0 heterocycles. The van der Waals surface area contributed by atoms with Gasteiger partial charge in [0.05, 0.1) is 0 Å². The lowest BCUT2D eigenvalue weighted by Crippen LogP contribution is -2.17. The van der Waals surface area contributed by atoms with Crippen LogP contribution in [-0.4, -0.2) is 12.6 Å². The molecule has 2 saturated carbocycles. The second-order valence-electron chi connectivity index (χ2n) is 8.06. The number of rotatable bonds is 4. The van der Waals surface area contributed by atoms with Crippen LogP contribution >= 0.6 is 0 Å². The number of aldehydes is 2. The average Bonchev–Trinajstić information content (AvgIpc) is 2.61. The van der Waals surface area contributed by atoms with Crippen LogP contribution in [-0.2, 0) is 9.59 Å². The third kappa shape index (κ3) is 3.63. The fraction of sp³-hybridized carbons (Fsp3) is 0.636. The molecule has 0 radical (unpaired) electrons. The van der Waals surface area contributed by atoms with Crippen LogP contribution in [0.15, 0.2) is 12.1 Å². The van der Waals surface area contributed by atoms with Crippen molar-refractivity contribution >= 4 is 12.6 Å². The van der Waals surface area contributed by atoms with E-state index in [4.69, 9.17) is 0 Å². The Hall–Kier alpha value is -1.44. The first kappa shape index (κ1) is 17.4. The Morgan fingerprint density at radius 3 is 1.54 bits per heavy atom. The van der Waals surface area contributed by atoms with Gasteiger partial charge in [-0.05, 0) is 99.3 Å². The minimum absolute atomic E-state index is 0.286. The summed E-state index contributed by atoms with van der Waals surface area (Å²) < 4.78 is 0. The molecule has 3 rings (SSSR count). The summed E-state index contributed by atoms with van der Waals surface area (Å²) in [6.07, 6.45) is 11.1. The Balaban J connectivity index is 1.74. The molecule has 0 atom stereocenters. The Labute approximate surface area is 146 Å². The van der Waals surface area contributed by atoms with E-state index in [2.05, 4.69) is 26.0 Å². The summed E-state index contributed by atoms with van der Waals surface area (Å²) in [6.45, 7) is 4.52. The quantitative estimate of drug-likeness (QED) is 0.708. The van der Waals surface area contributed by atoms with E-state index in [-0.39, 0.29) is 11.8 Å². The number of carbonyl (C=O) groups is 2. The zero-order valence-corrected chi connectivity index (χ0v) is 15.1. The maximum atomic E-state index is 11.0. The van der Waals surface area contributed by atoms with Crippen LogP contribution in [0.3, 0.4) is 0 Å². The number of benzene rings is 1. The van der Waals surface area contributed by atoms with E-state index in [0.29, 0.717) is 11.8 Å². The maximum Gasteiger partial charge on any atom is 0.123 e. The Bertz CT molecular complexity index is 565. The van der Waals surface area contributed by atoms with Crippen LogP contribution in [0.25, 0.3) is 0 Å². The summed E-state index contributed by atoms with van der Waals surface area (Å²) in [5.41, 5.74) is 5.86. The number of carbonyl (C=O) groups excluding carboxylic acids is 2. The van der Waals surface area contributed by atoms with Gasteiger partial charge in [0.2, 0.25) is 0 Å². The molecular weight excluding hydrogens is 296 g/mol. The molecule has 0 spiro atoms. The zero-order valence-electron chi connectivity index (χ0n) is 15.1. The molecule has 0 saturated heterocycles. The van der Waals surface area contributed by atoms with Crippen LogP contribution < -0.4 is 0 Å². The molecule has 0 amide bonds. The lowest BCUT2D eigenvalue weighted by Gasteiger charge is -2.30. The first-order valence-electron chi connectivity index (χ1n) is 9.64. The smallest absolute Gasteiger partial charge is 0.123 e. The van der Waals surface area contributed by atoms with Crippen molar-refractivity contribution in [1.82, 2.24) is 0 Å². The second kappa shape index (κ2) is 7.63. The van der Waals surface area contributed by atoms with Crippen LogP contribution in [0.5, 0.6) is 0 Å². The minimum Gasteiger partial charge on any atom is -0.303 e. The van der Waals surface area contributed by atoms with Crippen molar-refractivity contribution in [3.63, 3.8) is 0 Å². The van der Waals surface area contributed by atoms with Gasteiger partial charge in [0.15, 0.2) is 0 Å². The summed E-state index contributed by atoms with van der Waals surface area (Å²) in [7, 11) is 0. The molecule has 0 unspecified atom stereocenters. The highest BCUT2D eigenvalue weighted by Crippen LogP contribution is 2.41. The normalized spacial score (nSPS) is 30.8. The maximum absolute atomic E-state index is 11.0. The van der Waals surface area contributed by atoms with Gasteiger partial charge in [-0.1, -0.05) is 12.1 Å². The molecule has 24 heavy (non-hydrogen) atoms. The predicted molar refractivity (Wildman–Crippen MR) is 97.4 cm³/mol. The average molecular weight is 326 g/mol. The number of aryl methyl sites for hydroxylation is 2. The summed E-state index contributed by atoms with van der Waals surface area (Å²) in [5, 5.41) is 0. The van der Waals surface area contributed by atoms with Crippen LogP contribution in [0.1, 0.15) is 85.5 Å². The van der Waals surface area contributed by atoms with Crippen molar-refractivity contribution in [3.8, 4) is 0 Å². The number of hydrogen-bond donors (Lipinski definition) is 0. The molecule has 2 aliphatic rings. The topological polar surface area (TPSA) is 34.1 Å². The summed E-state index contributed by atoms with van der Waals surface area (Å²) in [6, 6.07) is 4.81. The van der Waals surface area contributed by atoms with Gasteiger partial charge in [0.25, 0.3) is 0 Å². The Morgan fingerprint density at radius 1 is 0.708 bits per heavy atom. The molecule has 0 N–H and O–H groups in total. The highest BCUT2D eigenvalue weighted by Gasteiger charge is 2.26. The lowest BCUT2D eigenvalue weighted by atomic mass is 9.74. The van der Waals surface area contributed by atoms with E-state index in [1.165, 1.54) is 22.3 Å². The second-order valence-corrected chi connectivity index (χ2v) is 8.06. The molecule has 2 fully saturated rings. The third-order valence-corrected chi connectivity index (χ3v) is 6.42. The van der Waals surface area contributed by atoms with Crippen molar-refractivity contribution < 1.29 is 9.59 Å². The van der Waals surface area contributed by atoms with Gasteiger partial charge in [-0.15, -0.1) is 0 Å². The number of hydrogen-bond acceptors (Lipinski definition) is 2. The van der Waals surface area contributed by atoms with E-state index in [1.807, 2.05) is 0 Å². The van der Waals surface area contributed by atoms with Crippen molar-refractivity contribution in [3.05, 3.63) is 34.4 Å². The monoisotopic (exact) mass is 326 g/mol. The van der Waals surface area contributed by atoms with E-state index in [1.54, 1.807) is 0 Å².